The first-order chi connectivity index (χ1) is 9.36. The van der Waals surface area contributed by atoms with Crippen LogP contribution >= 0.6 is 11.5 Å². The highest BCUT2D eigenvalue weighted by Crippen LogP contribution is 2.24. The number of hydrogen-bond donors (Lipinski definition) is 1. The van der Waals surface area contributed by atoms with Crippen LogP contribution < -0.4 is 5.32 Å². The number of carbonyl (C=O) groups excluding carboxylic acids is 1. The molecule has 0 saturated carbocycles. The first-order valence-electron chi connectivity index (χ1n) is 7.20. The predicted molar refractivity (Wildman–Crippen MR) is 82.1 cm³/mol. The molecule has 1 fully saturated rings. The molecule has 0 spiro atoms. The number of hydrogen-bond acceptors (Lipinski definition) is 5. The minimum absolute atomic E-state index is 0.00323. The van der Waals surface area contributed by atoms with Crippen LogP contribution in [0, 0.1) is 5.92 Å². The third kappa shape index (κ3) is 3.91. The fraction of sp³-hybridized carbons (Fsp3) is 0.786. The van der Waals surface area contributed by atoms with Crippen molar-refractivity contribution >= 4 is 22.6 Å². The second-order valence-electron chi connectivity index (χ2n) is 6.50. The van der Waals surface area contributed by atoms with Gasteiger partial charge in [0.1, 0.15) is 5.82 Å². The summed E-state index contributed by atoms with van der Waals surface area (Å²) < 4.78 is 4.40. The lowest BCUT2D eigenvalue weighted by molar-refractivity contribution is -0.130. The molecule has 0 bridgehead atoms. The van der Waals surface area contributed by atoms with Crippen LogP contribution in [-0.4, -0.2) is 39.8 Å². The normalized spacial score (nSPS) is 17.3. The summed E-state index contributed by atoms with van der Waals surface area (Å²) in [6.07, 6.45) is 2.13. The van der Waals surface area contributed by atoms with Gasteiger partial charge in [-0.2, -0.15) is 4.37 Å². The summed E-state index contributed by atoms with van der Waals surface area (Å²) in [4.78, 5) is 17.7. The summed E-state index contributed by atoms with van der Waals surface area (Å²) in [7, 11) is 0. The lowest BCUT2D eigenvalue weighted by atomic mass is 9.96. The van der Waals surface area contributed by atoms with Crippen molar-refractivity contribution in [1.29, 1.82) is 0 Å². The van der Waals surface area contributed by atoms with E-state index in [4.69, 9.17) is 0 Å². The van der Waals surface area contributed by atoms with E-state index in [1.54, 1.807) is 6.92 Å². The van der Waals surface area contributed by atoms with Gasteiger partial charge in [0.05, 0.1) is 0 Å². The van der Waals surface area contributed by atoms with Gasteiger partial charge in [0, 0.05) is 43.5 Å². The van der Waals surface area contributed by atoms with Crippen molar-refractivity contribution in [2.75, 3.05) is 25.0 Å². The van der Waals surface area contributed by atoms with Crippen LogP contribution in [0.5, 0.6) is 0 Å². The number of nitrogens with one attached hydrogen (secondary N) is 1. The Labute approximate surface area is 124 Å². The molecular formula is C14H24N4OS. The molecule has 0 aliphatic carbocycles. The van der Waals surface area contributed by atoms with E-state index in [1.165, 1.54) is 11.5 Å². The number of nitrogens with zero attached hydrogens (tertiary/aromatic N) is 3. The Morgan fingerprint density at radius 3 is 2.55 bits per heavy atom. The molecule has 1 saturated heterocycles. The van der Waals surface area contributed by atoms with Gasteiger partial charge < -0.3 is 10.2 Å². The van der Waals surface area contributed by atoms with Gasteiger partial charge in [-0.15, -0.1) is 0 Å². The molecule has 1 amide bonds. The van der Waals surface area contributed by atoms with Crippen molar-refractivity contribution in [3.8, 4) is 0 Å². The average molecular weight is 296 g/mol. The lowest BCUT2D eigenvalue weighted by Crippen LogP contribution is -2.38. The van der Waals surface area contributed by atoms with Gasteiger partial charge >= 0.3 is 0 Å². The van der Waals surface area contributed by atoms with Gasteiger partial charge in [0.2, 0.25) is 11.0 Å². The number of anilines is 1. The third-order valence-electron chi connectivity index (χ3n) is 3.70. The molecule has 1 aliphatic rings. The Bertz CT molecular complexity index is 458. The summed E-state index contributed by atoms with van der Waals surface area (Å²) in [5.41, 5.74) is 0.00323. The van der Waals surface area contributed by atoms with Gasteiger partial charge in [-0.3, -0.25) is 4.79 Å². The molecule has 1 aromatic rings. The second-order valence-corrected chi connectivity index (χ2v) is 7.26. The van der Waals surface area contributed by atoms with Crippen molar-refractivity contribution in [3.05, 3.63) is 5.82 Å². The van der Waals surface area contributed by atoms with E-state index in [0.717, 1.165) is 43.4 Å². The molecule has 2 rings (SSSR count). The molecule has 0 atom stereocenters. The molecule has 5 nitrogen and oxygen atoms in total. The number of aromatic nitrogens is 2. The standard InChI is InChI=1S/C14H24N4OS/c1-10(19)18-7-5-11(6-8-18)9-15-13-16-12(17-20-13)14(2,3)4/h11H,5-9H2,1-4H3,(H,15,16,17). The van der Waals surface area contributed by atoms with Crippen LogP contribution in [0.2, 0.25) is 0 Å². The van der Waals surface area contributed by atoms with E-state index in [0.29, 0.717) is 5.92 Å². The molecule has 2 heterocycles. The Hall–Kier alpha value is -1.17. The number of carbonyl (C=O) groups is 1. The minimum Gasteiger partial charge on any atom is -0.360 e. The molecule has 1 N–H and O–H groups in total. The molecule has 0 aromatic carbocycles. The van der Waals surface area contributed by atoms with Gasteiger partial charge in [-0.25, -0.2) is 4.98 Å². The van der Waals surface area contributed by atoms with Crippen LogP contribution in [0.3, 0.4) is 0 Å². The van der Waals surface area contributed by atoms with Crippen molar-refractivity contribution in [3.63, 3.8) is 0 Å². The Morgan fingerprint density at radius 2 is 2.05 bits per heavy atom. The fourth-order valence-corrected chi connectivity index (χ4v) is 3.05. The van der Waals surface area contributed by atoms with Crippen molar-refractivity contribution in [1.82, 2.24) is 14.3 Å². The zero-order valence-electron chi connectivity index (χ0n) is 12.8. The van der Waals surface area contributed by atoms with Crippen molar-refractivity contribution in [2.45, 2.75) is 46.0 Å². The zero-order valence-corrected chi connectivity index (χ0v) is 13.6. The predicted octanol–water partition coefficient (Wildman–Crippen LogP) is 2.51. The largest absolute Gasteiger partial charge is 0.360 e. The van der Waals surface area contributed by atoms with Gasteiger partial charge in [0.15, 0.2) is 0 Å². The second kappa shape index (κ2) is 6.08. The van der Waals surface area contributed by atoms with Crippen LogP contribution in [0.1, 0.15) is 46.4 Å². The first kappa shape index (κ1) is 15.2. The van der Waals surface area contributed by atoms with Crippen LogP contribution in [0.25, 0.3) is 0 Å². The van der Waals surface area contributed by atoms with Crippen LogP contribution in [-0.2, 0) is 10.2 Å². The van der Waals surface area contributed by atoms with Crippen LogP contribution in [0.15, 0.2) is 0 Å². The molecule has 0 unspecified atom stereocenters. The summed E-state index contributed by atoms with van der Waals surface area (Å²) in [5.74, 6) is 1.71. The number of amides is 1. The maximum atomic E-state index is 11.3. The smallest absolute Gasteiger partial charge is 0.219 e. The maximum Gasteiger partial charge on any atom is 0.219 e. The molecule has 1 aliphatic heterocycles. The summed E-state index contributed by atoms with van der Waals surface area (Å²) >= 11 is 1.43. The van der Waals surface area contributed by atoms with Crippen molar-refractivity contribution in [2.24, 2.45) is 5.92 Å². The summed E-state index contributed by atoms with van der Waals surface area (Å²) in [5, 5.41) is 4.30. The minimum atomic E-state index is 0.00323. The lowest BCUT2D eigenvalue weighted by Gasteiger charge is -2.31. The Kier molecular flexibility index (Phi) is 4.62. The third-order valence-corrected chi connectivity index (χ3v) is 4.37. The summed E-state index contributed by atoms with van der Waals surface area (Å²) in [6, 6.07) is 0. The maximum absolute atomic E-state index is 11.3. The van der Waals surface area contributed by atoms with E-state index in [-0.39, 0.29) is 11.3 Å². The quantitative estimate of drug-likeness (QED) is 0.931. The molecule has 6 heteroatoms. The molecular weight excluding hydrogens is 272 g/mol. The molecule has 0 radical (unpaired) electrons. The number of rotatable bonds is 3. The fourth-order valence-electron chi connectivity index (χ4n) is 2.28. The molecule has 112 valence electrons. The molecule has 20 heavy (non-hydrogen) atoms. The Balaban J connectivity index is 1.79. The zero-order chi connectivity index (χ0) is 14.8. The highest BCUT2D eigenvalue weighted by molar-refractivity contribution is 7.09. The van der Waals surface area contributed by atoms with E-state index < -0.39 is 0 Å². The first-order valence-corrected chi connectivity index (χ1v) is 7.97. The average Bonchev–Trinajstić information content (AvgIpc) is 2.85. The van der Waals surface area contributed by atoms with Crippen LogP contribution in [0.4, 0.5) is 5.13 Å². The summed E-state index contributed by atoms with van der Waals surface area (Å²) in [6.45, 7) is 10.7. The van der Waals surface area contributed by atoms with Gasteiger partial charge in [-0.1, -0.05) is 20.8 Å². The van der Waals surface area contributed by atoms with Gasteiger partial charge in [-0.05, 0) is 18.8 Å². The SMILES string of the molecule is CC(=O)N1CCC(CNc2nc(C(C)(C)C)ns2)CC1. The highest BCUT2D eigenvalue weighted by atomic mass is 32.1. The highest BCUT2D eigenvalue weighted by Gasteiger charge is 2.22. The van der Waals surface area contributed by atoms with E-state index in [1.807, 2.05) is 4.90 Å². The Morgan fingerprint density at radius 1 is 1.40 bits per heavy atom. The molecule has 1 aromatic heterocycles. The number of piperidine rings is 1. The van der Waals surface area contributed by atoms with E-state index in [2.05, 4.69) is 35.4 Å². The van der Waals surface area contributed by atoms with Crippen molar-refractivity contribution < 1.29 is 4.79 Å². The van der Waals surface area contributed by atoms with Gasteiger partial charge in [0.25, 0.3) is 0 Å². The monoisotopic (exact) mass is 296 g/mol. The van der Waals surface area contributed by atoms with E-state index in [9.17, 15) is 4.79 Å². The topological polar surface area (TPSA) is 58.1 Å². The number of likely N-dealkylation sites (tertiary alicyclic amines) is 1. The van der Waals surface area contributed by atoms with E-state index >= 15 is 0 Å².